The zero-order valence-corrected chi connectivity index (χ0v) is 7.92. The molecule has 70 valence electrons. The third-order valence-electron chi connectivity index (χ3n) is 1.96. The smallest absolute Gasteiger partial charge is 0.221 e. The maximum absolute atomic E-state index is 11.1. The number of hydrogen-bond donors (Lipinski definition) is 1. The van der Waals surface area contributed by atoms with Crippen molar-refractivity contribution in [1.29, 1.82) is 0 Å². The Morgan fingerprint density at radius 3 is 2.69 bits per heavy atom. The van der Waals surface area contributed by atoms with E-state index in [2.05, 4.69) is 5.32 Å². The Kier molecular flexibility index (Phi) is 2.51. The molecule has 0 aliphatic heterocycles. The highest BCUT2D eigenvalue weighted by Gasteiger charge is 2.08. The summed E-state index contributed by atoms with van der Waals surface area (Å²) in [5.41, 5.74) is 2.09. The van der Waals surface area contributed by atoms with Crippen LogP contribution in [0.25, 0.3) is 0 Å². The van der Waals surface area contributed by atoms with Gasteiger partial charge >= 0.3 is 0 Å². The molecule has 0 aliphatic carbocycles. The van der Waals surface area contributed by atoms with E-state index in [-0.39, 0.29) is 5.91 Å². The van der Waals surface area contributed by atoms with Crippen molar-refractivity contribution < 1.29 is 9.52 Å². The van der Waals surface area contributed by atoms with Gasteiger partial charge in [-0.1, -0.05) is 0 Å². The summed E-state index contributed by atoms with van der Waals surface area (Å²) in [5.74, 6) is -0.133. The van der Waals surface area contributed by atoms with E-state index in [1.165, 1.54) is 13.1 Å². The zero-order chi connectivity index (χ0) is 10.0. The Hall–Kier alpha value is -1.58. The molecule has 1 rings (SSSR count). The van der Waals surface area contributed by atoms with Crippen LogP contribution in [0.3, 0.4) is 0 Å². The van der Waals surface area contributed by atoms with Crippen molar-refractivity contribution in [3.05, 3.63) is 28.7 Å². The van der Waals surface area contributed by atoms with E-state index in [0.29, 0.717) is 11.4 Å². The molecule has 13 heavy (non-hydrogen) atoms. The molecule has 0 aliphatic rings. The van der Waals surface area contributed by atoms with Gasteiger partial charge in [0.05, 0.1) is 5.69 Å². The highest BCUT2D eigenvalue weighted by Crippen LogP contribution is 2.14. The fraction of sp³-hybridized carbons (Fsp3) is 0.333. The first-order chi connectivity index (χ1) is 6.02. The lowest BCUT2D eigenvalue weighted by atomic mass is 10.2. The van der Waals surface area contributed by atoms with Gasteiger partial charge in [-0.2, -0.15) is 4.73 Å². The number of carbonyl (C=O) groups is 1. The van der Waals surface area contributed by atoms with Gasteiger partial charge in [-0.15, -0.1) is 0 Å². The number of amides is 1. The highest BCUT2D eigenvalue weighted by molar-refractivity contribution is 5.89. The number of anilines is 1. The van der Waals surface area contributed by atoms with Gasteiger partial charge in [0.25, 0.3) is 0 Å². The van der Waals surface area contributed by atoms with Crippen molar-refractivity contribution >= 4 is 11.6 Å². The SMILES string of the molecule is CC(=O)Nc1cc[n+]([O-])c(C)c1C. The van der Waals surface area contributed by atoms with Crippen LogP contribution in [-0.4, -0.2) is 5.91 Å². The second-order valence-electron chi connectivity index (χ2n) is 2.95. The number of rotatable bonds is 1. The number of nitrogens with zero attached hydrogens (tertiary/aromatic N) is 1. The molecule has 0 saturated carbocycles. The average Bonchev–Trinajstić information content (AvgIpc) is 2.06. The van der Waals surface area contributed by atoms with Crippen molar-refractivity contribution in [2.24, 2.45) is 0 Å². The molecule has 4 heteroatoms. The topological polar surface area (TPSA) is 56.0 Å². The highest BCUT2D eigenvalue weighted by atomic mass is 16.5. The molecule has 0 aromatic carbocycles. The predicted molar refractivity (Wildman–Crippen MR) is 49.2 cm³/mol. The largest absolute Gasteiger partial charge is 0.619 e. The summed E-state index contributed by atoms with van der Waals surface area (Å²) in [4.78, 5) is 10.8. The molecule has 1 aromatic heterocycles. The maximum atomic E-state index is 11.1. The second-order valence-corrected chi connectivity index (χ2v) is 2.95. The van der Waals surface area contributed by atoms with Crippen molar-refractivity contribution in [2.75, 3.05) is 5.32 Å². The van der Waals surface area contributed by atoms with Crippen LogP contribution < -0.4 is 10.0 Å². The molecule has 0 bridgehead atoms. The van der Waals surface area contributed by atoms with E-state index in [1.54, 1.807) is 19.9 Å². The van der Waals surface area contributed by atoms with Gasteiger partial charge in [0.1, 0.15) is 0 Å². The number of pyridine rings is 1. The molecule has 0 saturated heterocycles. The molecule has 4 nitrogen and oxygen atoms in total. The van der Waals surface area contributed by atoms with Crippen molar-refractivity contribution in [1.82, 2.24) is 0 Å². The van der Waals surface area contributed by atoms with Gasteiger partial charge in [-0.25, -0.2) is 0 Å². The van der Waals surface area contributed by atoms with Crippen LogP contribution in [0.1, 0.15) is 18.2 Å². The summed E-state index contributed by atoms with van der Waals surface area (Å²) in [6.45, 7) is 4.95. The summed E-state index contributed by atoms with van der Waals surface area (Å²) >= 11 is 0. The molecule has 1 heterocycles. The molecule has 1 aromatic rings. The Morgan fingerprint density at radius 2 is 2.15 bits per heavy atom. The van der Waals surface area contributed by atoms with Gasteiger partial charge in [-0.05, 0) is 6.92 Å². The fourth-order valence-electron chi connectivity index (χ4n) is 1.06. The van der Waals surface area contributed by atoms with Gasteiger partial charge in [0.15, 0.2) is 11.9 Å². The van der Waals surface area contributed by atoms with Crippen LogP contribution in [0.4, 0.5) is 5.69 Å². The quantitative estimate of drug-likeness (QED) is 0.515. The minimum atomic E-state index is -0.133. The number of aromatic nitrogens is 1. The summed E-state index contributed by atoms with van der Waals surface area (Å²) in [5, 5.41) is 13.7. The Bertz CT molecular complexity index is 348. The van der Waals surface area contributed by atoms with Crippen molar-refractivity contribution in [3.63, 3.8) is 0 Å². The maximum Gasteiger partial charge on any atom is 0.221 e. The minimum absolute atomic E-state index is 0.133. The normalized spacial score (nSPS) is 9.77. The lowest BCUT2D eigenvalue weighted by molar-refractivity contribution is -0.612. The van der Waals surface area contributed by atoms with E-state index in [9.17, 15) is 10.0 Å². The molecule has 1 amide bonds. The molecular formula is C9H12N2O2. The first kappa shape index (κ1) is 9.51. The lowest BCUT2D eigenvalue weighted by Gasteiger charge is -2.08. The third kappa shape index (κ3) is 1.96. The average molecular weight is 180 g/mol. The van der Waals surface area contributed by atoms with Gasteiger partial charge in [0, 0.05) is 25.5 Å². The van der Waals surface area contributed by atoms with Crippen LogP contribution in [0.2, 0.25) is 0 Å². The standard InChI is InChI=1S/C9H12N2O2/c1-6-7(2)11(13)5-4-9(6)10-8(3)12/h4-5H,1-3H3,(H,10,12). The number of hydrogen-bond acceptors (Lipinski definition) is 2. The van der Waals surface area contributed by atoms with E-state index in [1.807, 2.05) is 0 Å². The van der Waals surface area contributed by atoms with Crippen LogP contribution in [-0.2, 0) is 4.79 Å². The minimum Gasteiger partial charge on any atom is -0.619 e. The number of nitrogens with one attached hydrogen (secondary N) is 1. The monoisotopic (exact) mass is 180 g/mol. The summed E-state index contributed by atoms with van der Waals surface area (Å²) in [7, 11) is 0. The van der Waals surface area contributed by atoms with Crippen LogP contribution in [0, 0.1) is 19.1 Å². The second kappa shape index (κ2) is 3.43. The fourth-order valence-corrected chi connectivity index (χ4v) is 1.06. The van der Waals surface area contributed by atoms with E-state index < -0.39 is 0 Å². The Labute approximate surface area is 76.8 Å². The summed E-state index contributed by atoms with van der Waals surface area (Å²) in [6.07, 6.45) is 1.38. The third-order valence-corrected chi connectivity index (χ3v) is 1.96. The lowest BCUT2D eigenvalue weighted by Crippen LogP contribution is -2.30. The van der Waals surface area contributed by atoms with Crippen LogP contribution in [0.15, 0.2) is 12.3 Å². The molecule has 0 fully saturated rings. The molecular weight excluding hydrogens is 168 g/mol. The van der Waals surface area contributed by atoms with Gasteiger partial charge in [0.2, 0.25) is 5.91 Å². The first-order valence-corrected chi connectivity index (χ1v) is 3.99. The predicted octanol–water partition coefficient (Wildman–Crippen LogP) is 0.895. The molecule has 0 radical (unpaired) electrons. The van der Waals surface area contributed by atoms with E-state index in [0.717, 1.165) is 10.3 Å². The van der Waals surface area contributed by atoms with Crippen LogP contribution in [0.5, 0.6) is 0 Å². The molecule has 0 spiro atoms. The van der Waals surface area contributed by atoms with Gasteiger partial charge in [-0.3, -0.25) is 4.79 Å². The zero-order valence-electron chi connectivity index (χ0n) is 7.92. The van der Waals surface area contributed by atoms with E-state index >= 15 is 0 Å². The van der Waals surface area contributed by atoms with Crippen molar-refractivity contribution in [2.45, 2.75) is 20.8 Å². The summed E-state index contributed by atoms with van der Waals surface area (Å²) < 4.78 is 0.778. The molecule has 0 atom stereocenters. The first-order valence-electron chi connectivity index (χ1n) is 3.99. The Morgan fingerprint density at radius 1 is 1.54 bits per heavy atom. The van der Waals surface area contributed by atoms with Gasteiger partial charge < -0.3 is 10.5 Å². The molecule has 0 unspecified atom stereocenters. The van der Waals surface area contributed by atoms with E-state index in [4.69, 9.17) is 0 Å². The van der Waals surface area contributed by atoms with Crippen molar-refractivity contribution in [3.8, 4) is 0 Å². The number of carbonyl (C=O) groups excluding carboxylic acids is 1. The Balaban J connectivity index is 3.10. The molecule has 1 N–H and O–H groups in total. The van der Waals surface area contributed by atoms with Crippen LogP contribution >= 0.6 is 0 Å². The summed E-state index contributed by atoms with van der Waals surface area (Å²) in [6, 6.07) is 1.59.